The fourth-order valence-electron chi connectivity index (χ4n) is 3.34. The molecule has 3 atom stereocenters. The molecular weight excluding hydrogens is 405 g/mol. The van der Waals surface area contributed by atoms with Crippen molar-refractivity contribution in [2.45, 2.75) is 50.7 Å². The Morgan fingerprint density at radius 2 is 2.17 bits per heavy atom. The highest BCUT2D eigenvalue weighted by molar-refractivity contribution is 14.0. The van der Waals surface area contributed by atoms with E-state index in [-0.39, 0.29) is 24.0 Å². The molecule has 2 bridgehead atoms. The van der Waals surface area contributed by atoms with Crippen LogP contribution in [-0.2, 0) is 22.6 Å². The highest BCUT2D eigenvalue weighted by atomic mass is 127. The molecule has 0 aliphatic carbocycles. The van der Waals surface area contributed by atoms with Crippen molar-refractivity contribution in [3.63, 3.8) is 0 Å². The molecule has 2 saturated heterocycles. The number of rotatable bonds is 5. The van der Waals surface area contributed by atoms with E-state index >= 15 is 0 Å². The van der Waals surface area contributed by atoms with Crippen LogP contribution in [0.25, 0.3) is 0 Å². The van der Waals surface area contributed by atoms with E-state index < -0.39 is 0 Å². The molecule has 0 amide bonds. The molecule has 5 nitrogen and oxygen atoms in total. The summed E-state index contributed by atoms with van der Waals surface area (Å²) in [6.45, 7) is 1.39. The van der Waals surface area contributed by atoms with E-state index in [4.69, 9.17) is 9.47 Å². The van der Waals surface area contributed by atoms with Crippen molar-refractivity contribution in [3.05, 3.63) is 35.4 Å². The van der Waals surface area contributed by atoms with Crippen LogP contribution in [0.1, 0.15) is 30.4 Å². The average Bonchev–Trinajstić information content (AvgIpc) is 3.15. The van der Waals surface area contributed by atoms with Gasteiger partial charge in [0, 0.05) is 20.7 Å². The van der Waals surface area contributed by atoms with Crippen molar-refractivity contribution in [2.24, 2.45) is 4.99 Å². The lowest BCUT2D eigenvalue weighted by Gasteiger charge is -2.22. The van der Waals surface area contributed by atoms with E-state index in [2.05, 4.69) is 39.9 Å². The normalized spacial score (nSPS) is 26.0. The number of methoxy groups -OCH3 is 1. The summed E-state index contributed by atoms with van der Waals surface area (Å²) in [5.74, 6) is 0.846. The van der Waals surface area contributed by atoms with Crippen LogP contribution in [0.4, 0.5) is 0 Å². The molecule has 0 aromatic heterocycles. The lowest BCUT2D eigenvalue weighted by Crippen LogP contribution is -2.47. The van der Waals surface area contributed by atoms with Crippen molar-refractivity contribution >= 4 is 29.9 Å². The molecule has 0 spiro atoms. The summed E-state index contributed by atoms with van der Waals surface area (Å²) in [6, 6.07) is 8.80. The van der Waals surface area contributed by atoms with Crippen LogP contribution in [-0.4, -0.2) is 38.4 Å². The Balaban J connectivity index is 0.00000192. The summed E-state index contributed by atoms with van der Waals surface area (Å²) in [4.78, 5) is 4.32. The molecule has 2 N–H and O–H groups in total. The summed E-state index contributed by atoms with van der Waals surface area (Å²) >= 11 is 0. The monoisotopic (exact) mass is 431 g/mol. The largest absolute Gasteiger partial charge is 0.380 e. The number of guanidine groups is 1. The van der Waals surface area contributed by atoms with Crippen LogP contribution in [0.3, 0.4) is 0 Å². The van der Waals surface area contributed by atoms with Gasteiger partial charge in [0.15, 0.2) is 5.96 Å². The predicted octanol–water partition coefficient (Wildman–Crippen LogP) is 2.44. The quantitative estimate of drug-likeness (QED) is 0.427. The topological polar surface area (TPSA) is 54.9 Å². The molecule has 23 heavy (non-hydrogen) atoms. The molecule has 1 aromatic carbocycles. The maximum atomic E-state index is 5.88. The third-order valence-corrected chi connectivity index (χ3v) is 4.41. The van der Waals surface area contributed by atoms with Gasteiger partial charge in [0.1, 0.15) is 0 Å². The summed E-state index contributed by atoms with van der Waals surface area (Å²) in [5, 5.41) is 6.88. The molecule has 2 aliphatic rings. The number of ether oxygens (including phenoxy) is 2. The standard InChI is InChI=1S/C17H25N3O2.HI/c1-18-17(20-15-9-14-6-7-16(15)22-14)19-10-12-4-3-5-13(8-12)11-21-2;/h3-5,8,14-16H,6-7,9-11H2,1-2H3,(H2,18,19,20);1H. The number of halogens is 1. The molecular formula is C17H26IN3O2. The number of nitrogens with one attached hydrogen (secondary N) is 2. The minimum atomic E-state index is 0. The van der Waals surface area contributed by atoms with Crippen LogP contribution in [0.2, 0.25) is 0 Å². The summed E-state index contributed by atoms with van der Waals surface area (Å²) < 4.78 is 11.1. The second kappa shape index (κ2) is 8.84. The van der Waals surface area contributed by atoms with E-state index in [0.717, 1.165) is 18.9 Å². The third kappa shape index (κ3) is 4.81. The van der Waals surface area contributed by atoms with Crippen molar-refractivity contribution in [1.29, 1.82) is 0 Å². The molecule has 3 unspecified atom stereocenters. The first-order valence-electron chi connectivity index (χ1n) is 7.98. The fourth-order valence-corrected chi connectivity index (χ4v) is 3.34. The molecule has 2 heterocycles. The van der Waals surface area contributed by atoms with E-state index in [0.29, 0.717) is 24.9 Å². The van der Waals surface area contributed by atoms with Gasteiger partial charge in [-0.25, -0.2) is 0 Å². The molecule has 3 rings (SSSR count). The molecule has 2 fully saturated rings. The Labute approximate surface area is 155 Å². The van der Waals surface area contributed by atoms with Gasteiger partial charge >= 0.3 is 0 Å². The van der Waals surface area contributed by atoms with Gasteiger partial charge in [0.25, 0.3) is 0 Å². The number of benzene rings is 1. The van der Waals surface area contributed by atoms with Crippen molar-refractivity contribution in [1.82, 2.24) is 10.6 Å². The number of fused-ring (bicyclic) bond motifs is 2. The summed E-state index contributed by atoms with van der Waals surface area (Å²) in [6.07, 6.45) is 4.27. The molecule has 0 saturated carbocycles. The van der Waals surface area contributed by atoms with Crippen LogP contribution < -0.4 is 10.6 Å². The van der Waals surface area contributed by atoms with Gasteiger partial charge in [0.2, 0.25) is 0 Å². The van der Waals surface area contributed by atoms with Gasteiger partial charge in [0.05, 0.1) is 24.9 Å². The highest BCUT2D eigenvalue weighted by Crippen LogP contribution is 2.34. The Hall–Kier alpha value is -0.860. The summed E-state index contributed by atoms with van der Waals surface area (Å²) in [7, 11) is 3.53. The molecule has 1 aromatic rings. The zero-order valence-electron chi connectivity index (χ0n) is 13.7. The SMILES string of the molecule is CN=C(NCc1cccc(COC)c1)NC1CC2CCC1O2.I. The molecule has 0 radical (unpaired) electrons. The fraction of sp³-hybridized carbons (Fsp3) is 0.588. The second-order valence-corrected chi connectivity index (χ2v) is 6.04. The first-order chi connectivity index (χ1) is 10.8. The van der Waals surface area contributed by atoms with Crippen molar-refractivity contribution in [3.8, 4) is 0 Å². The second-order valence-electron chi connectivity index (χ2n) is 6.04. The first-order valence-corrected chi connectivity index (χ1v) is 7.98. The maximum absolute atomic E-state index is 5.88. The smallest absolute Gasteiger partial charge is 0.191 e. The lowest BCUT2D eigenvalue weighted by molar-refractivity contribution is 0.0992. The average molecular weight is 431 g/mol. The lowest BCUT2D eigenvalue weighted by atomic mass is 9.96. The van der Waals surface area contributed by atoms with E-state index in [1.807, 2.05) is 7.05 Å². The Bertz CT molecular complexity index is 538. The van der Waals surface area contributed by atoms with Crippen molar-refractivity contribution < 1.29 is 9.47 Å². The van der Waals surface area contributed by atoms with Gasteiger partial charge in [-0.3, -0.25) is 4.99 Å². The van der Waals surface area contributed by atoms with Crippen LogP contribution >= 0.6 is 24.0 Å². The zero-order chi connectivity index (χ0) is 15.4. The third-order valence-electron chi connectivity index (χ3n) is 4.41. The molecule has 128 valence electrons. The number of aliphatic imine (C=N–C) groups is 1. The van der Waals surface area contributed by atoms with Crippen LogP contribution in [0.5, 0.6) is 0 Å². The zero-order valence-corrected chi connectivity index (χ0v) is 16.1. The summed E-state index contributed by atoms with van der Waals surface area (Å²) in [5.41, 5.74) is 2.41. The predicted molar refractivity (Wildman–Crippen MR) is 102 cm³/mol. The Morgan fingerprint density at radius 3 is 2.83 bits per heavy atom. The highest BCUT2D eigenvalue weighted by Gasteiger charge is 2.41. The van der Waals surface area contributed by atoms with Gasteiger partial charge in [-0.15, -0.1) is 24.0 Å². The number of nitrogens with zero attached hydrogens (tertiary/aromatic N) is 1. The minimum absolute atomic E-state index is 0. The van der Waals surface area contributed by atoms with Gasteiger partial charge in [-0.2, -0.15) is 0 Å². The van der Waals surface area contributed by atoms with Gasteiger partial charge < -0.3 is 20.1 Å². The van der Waals surface area contributed by atoms with Gasteiger partial charge in [-0.05, 0) is 30.4 Å². The number of hydrogen-bond acceptors (Lipinski definition) is 3. The van der Waals surface area contributed by atoms with E-state index in [9.17, 15) is 0 Å². The molecule has 6 heteroatoms. The van der Waals surface area contributed by atoms with Crippen LogP contribution in [0, 0.1) is 0 Å². The Kier molecular flexibility index (Phi) is 7.10. The van der Waals surface area contributed by atoms with E-state index in [1.54, 1.807) is 7.11 Å². The number of hydrogen-bond donors (Lipinski definition) is 2. The minimum Gasteiger partial charge on any atom is -0.380 e. The molecule has 2 aliphatic heterocycles. The van der Waals surface area contributed by atoms with Crippen molar-refractivity contribution in [2.75, 3.05) is 14.2 Å². The van der Waals surface area contributed by atoms with Gasteiger partial charge in [-0.1, -0.05) is 24.3 Å². The Morgan fingerprint density at radius 1 is 1.35 bits per heavy atom. The maximum Gasteiger partial charge on any atom is 0.191 e. The first kappa shape index (κ1) is 18.5. The van der Waals surface area contributed by atoms with Crippen LogP contribution in [0.15, 0.2) is 29.3 Å². The van der Waals surface area contributed by atoms with E-state index in [1.165, 1.54) is 24.0 Å².